The Hall–Kier alpha value is -3.64. The molecular weight excluding hydrogens is 386 g/mol. The van der Waals surface area contributed by atoms with Gasteiger partial charge in [0.1, 0.15) is 10.5 Å². The maximum Gasteiger partial charge on any atom is 0.327 e. The minimum Gasteiger partial charge on any atom is -0.291 e. The summed E-state index contributed by atoms with van der Waals surface area (Å²) in [6.07, 6.45) is 5.95. The van der Waals surface area contributed by atoms with Crippen molar-refractivity contribution in [3.8, 4) is 5.82 Å². The molecule has 0 radical (unpaired) electrons. The fraction of sp³-hybridized carbons (Fsp3) is 0.0625. The van der Waals surface area contributed by atoms with Crippen molar-refractivity contribution >= 4 is 21.1 Å². The third-order valence-electron chi connectivity index (χ3n) is 3.89. The van der Waals surface area contributed by atoms with Crippen LogP contribution in [0.2, 0.25) is 0 Å². The quantitative estimate of drug-likeness (QED) is 0.415. The first-order valence-corrected chi connectivity index (χ1v) is 9.48. The Kier molecular flexibility index (Phi) is 4.33. The van der Waals surface area contributed by atoms with Crippen LogP contribution in [0, 0.1) is 0 Å². The van der Waals surface area contributed by atoms with Crippen LogP contribution in [0.4, 0.5) is 0 Å². The molecule has 4 aromatic heterocycles. The zero-order valence-electron chi connectivity index (χ0n) is 14.2. The van der Waals surface area contributed by atoms with Gasteiger partial charge < -0.3 is 0 Å². The Labute approximate surface area is 157 Å². The van der Waals surface area contributed by atoms with Gasteiger partial charge in [-0.15, -0.1) is 0 Å². The van der Waals surface area contributed by atoms with Crippen LogP contribution in [0.3, 0.4) is 0 Å². The second-order valence-corrected chi connectivity index (χ2v) is 7.54. The average Bonchev–Trinajstić information content (AvgIpc) is 3.21. The largest absolute Gasteiger partial charge is 0.327 e. The summed E-state index contributed by atoms with van der Waals surface area (Å²) >= 11 is 0. The van der Waals surface area contributed by atoms with Gasteiger partial charge in [-0.05, 0) is 29.8 Å². The number of aromatic amines is 2. The van der Waals surface area contributed by atoms with E-state index in [9.17, 15) is 18.0 Å². The van der Waals surface area contributed by atoms with E-state index in [2.05, 4.69) is 24.8 Å². The number of pyridine rings is 2. The van der Waals surface area contributed by atoms with Crippen LogP contribution in [0.1, 0.15) is 5.56 Å². The van der Waals surface area contributed by atoms with Gasteiger partial charge in [0.15, 0.2) is 5.82 Å². The Morgan fingerprint density at radius 3 is 2.75 bits per heavy atom. The highest BCUT2D eigenvalue weighted by Gasteiger charge is 2.16. The second-order valence-electron chi connectivity index (χ2n) is 5.77. The predicted molar refractivity (Wildman–Crippen MR) is 98.4 cm³/mol. The third kappa shape index (κ3) is 3.45. The van der Waals surface area contributed by atoms with Crippen LogP contribution in [-0.4, -0.2) is 38.1 Å². The van der Waals surface area contributed by atoms with Crippen LogP contribution in [0.15, 0.2) is 63.5 Å². The molecule has 11 nitrogen and oxygen atoms in total. The first-order chi connectivity index (χ1) is 13.4. The second kappa shape index (κ2) is 6.83. The molecule has 0 atom stereocenters. The molecule has 0 aliphatic rings. The molecule has 0 fully saturated rings. The third-order valence-corrected chi connectivity index (χ3v) is 5.26. The normalized spacial score (nSPS) is 11.7. The molecule has 0 aliphatic carbocycles. The summed E-state index contributed by atoms with van der Waals surface area (Å²) in [7, 11) is -3.94. The molecule has 28 heavy (non-hydrogen) atoms. The average molecular weight is 399 g/mol. The molecule has 4 aromatic rings. The van der Waals surface area contributed by atoms with Crippen molar-refractivity contribution < 1.29 is 8.42 Å². The van der Waals surface area contributed by atoms with Crippen LogP contribution < -0.4 is 16.0 Å². The van der Waals surface area contributed by atoms with Crippen molar-refractivity contribution in [2.24, 2.45) is 0 Å². The van der Waals surface area contributed by atoms with Crippen LogP contribution in [0.5, 0.6) is 0 Å². The maximum absolute atomic E-state index is 12.6. The van der Waals surface area contributed by atoms with Crippen molar-refractivity contribution in [2.45, 2.75) is 11.4 Å². The molecule has 0 amide bonds. The van der Waals surface area contributed by atoms with E-state index in [1.807, 2.05) is 4.98 Å². The van der Waals surface area contributed by atoms with Gasteiger partial charge >= 0.3 is 5.69 Å². The summed E-state index contributed by atoms with van der Waals surface area (Å²) in [5, 5.41) is 4.04. The van der Waals surface area contributed by atoms with Gasteiger partial charge in [0.05, 0.1) is 5.39 Å². The van der Waals surface area contributed by atoms with E-state index in [0.717, 1.165) is 12.3 Å². The number of hydrogen-bond donors (Lipinski definition) is 3. The molecule has 3 N–H and O–H groups in total. The summed E-state index contributed by atoms with van der Waals surface area (Å²) in [4.78, 5) is 35.3. The van der Waals surface area contributed by atoms with Crippen LogP contribution in [0.25, 0.3) is 16.9 Å². The lowest BCUT2D eigenvalue weighted by atomic mass is 10.2. The fourth-order valence-corrected chi connectivity index (χ4v) is 3.52. The number of nitrogens with zero attached hydrogens (tertiary/aromatic N) is 4. The lowest BCUT2D eigenvalue weighted by Gasteiger charge is -2.08. The van der Waals surface area contributed by atoms with E-state index in [4.69, 9.17) is 0 Å². The minimum absolute atomic E-state index is 0.000854. The van der Waals surface area contributed by atoms with Crippen LogP contribution >= 0.6 is 0 Å². The van der Waals surface area contributed by atoms with Gasteiger partial charge in [-0.25, -0.2) is 32.6 Å². The zero-order valence-corrected chi connectivity index (χ0v) is 15.0. The molecule has 12 heteroatoms. The summed E-state index contributed by atoms with van der Waals surface area (Å²) in [5.41, 5.74) is -0.767. The molecule has 0 aliphatic heterocycles. The lowest BCUT2D eigenvalue weighted by molar-refractivity contribution is 0.581. The molecule has 0 bridgehead atoms. The van der Waals surface area contributed by atoms with E-state index in [-0.39, 0.29) is 22.5 Å². The van der Waals surface area contributed by atoms with Crippen LogP contribution in [-0.2, 0) is 16.6 Å². The topological polar surface area (TPSA) is 155 Å². The number of H-pyrrole nitrogens is 2. The number of fused-ring (bicyclic) bond motifs is 1. The summed E-state index contributed by atoms with van der Waals surface area (Å²) < 4.78 is 29.1. The first-order valence-electron chi connectivity index (χ1n) is 7.99. The smallest absolute Gasteiger partial charge is 0.291 e. The Morgan fingerprint density at radius 2 is 1.96 bits per heavy atom. The lowest BCUT2D eigenvalue weighted by Crippen LogP contribution is -2.25. The standard InChI is InChI=1S/C16H13N7O4S/c24-15-12-7-11(9-18-14(12)21-16(25)22-15)28(26,27)20-8-10-2-4-17-13(6-10)23-5-1-3-19-23/h1-7,9,20H,8H2,(H2,18,21,22,24,25). The van der Waals surface area contributed by atoms with Crippen molar-refractivity contribution in [3.63, 3.8) is 0 Å². The Bertz CT molecular complexity index is 1370. The number of nitrogens with one attached hydrogen (secondary N) is 3. The van der Waals surface area contributed by atoms with E-state index < -0.39 is 21.3 Å². The molecule has 142 valence electrons. The van der Waals surface area contributed by atoms with E-state index >= 15 is 0 Å². The summed E-state index contributed by atoms with van der Waals surface area (Å²) in [6, 6.07) is 6.27. The molecule has 0 unspecified atom stereocenters. The van der Waals surface area contributed by atoms with Gasteiger partial charge in [0.2, 0.25) is 10.0 Å². The molecule has 4 rings (SSSR count). The molecule has 4 heterocycles. The summed E-state index contributed by atoms with van der Waals surface area (Å²) in [6.45, 7) is -0.000854. The Balaban J connectivity index is 1.60. The van der Waals surface area contributed by atoms with Gasteiger partial charge in [-0.3, -0.25) is 14.8 Å². The van der Waals surface area contributed by atoms with Crippen molar-refractivity contribution in [1.82, 2.24) is 34.4 Å². The predicted octanol–water partition coefficient (Wildman–Crippen LogP) is -0.329. The molecule has 0 saturated carbocycles. The van der Waals surface area contributed by atoms with Gasteiger partial charge in [-0.2, -0.15) is 5.10 Å². The fourth-order valence-electron chi connectivity index (χ4n) is 2.54. The highest BCUT2D eigenvalue weighted by Crippen LogP contribution is 2.13. The number of sulfonamides is 1. The van der Waals surface area contributed by atoms with Gasteiger partial charge in [0.25, 0.3) is 5.56 Å². The van der Waals surface area contributed by atoms with Gasteiger partial charge in [-0.1, -0.05) is 0 Å². The Morgan fingerprint density at radius 1 is 1.11 bits per heavy atom. The van der Waals surface area contributed by atoms with Crippen molar-refractivity contribution in [1.29, 1.82) is 0 Å². The number of rotatable bonds is 5. The SMILES string of the molecule is O=c1[nH]c(=O)c2cc(S(=O)(=O)NCc3ccnc(-n4cccn4)c3)cnc2[nH]1. The van der Waals surface area contributed by atoms with Gasteiger partial charge in [0, 0.05) is 31.3 Å². The first kappa shape index (κ1) is 17.8. The minimum atomic E-state index is -3.94. The zero-order chi connectivity index (χ0) is 19.7. The van der Waals surface area contributed by atoms with Crippen molar-refractivity contribution in [2.75, 3.05) is 0 Å². The van der Waals surface area contributed by atoms with E-state index in [0.29, 0.717) is 11.4 Å². The highest BCUT2D eigenvalue weighted by molar-refractivity contribution is 7.89. The van der Waals surface area contributed by atoms with E-state index in [1.165, 1.54) is 0 Å². The molecule has 0 spiro atoms. The highest BCUT2D eigenvalue weighted by atomic mass is 32.2. The molecular formula is C16H13N7O4S. The molecule has 0 saturated heterocycles. The summed E-state index contributed by atoms with van der Waals surface area (Å²) in [5.74, 6) is 0.546. The number of hydrogen-bond acceptors (Lipinski definition) is 7. The maximum atomic E-state index is 12.6. The monoisotopic (exact) mass is 399 g/mol. The van der Waals surface area contributed by atoms with Crippen molar-refractivity contribution in [3.05, 3.63) is 75.5 Å². The molecule has 0 aromatic carbocycles. The van der Waals surface area contributed by atoms with E-state index in [1.54, 1.807) is 41.5 Å². The number of aromatic nitrogens is 6.